The Morgan fingerprint density at radius 2 is 1.71 bits per heavy atom. The molecule has 0 aromatic heterocycles. The summed E-state index contributed by atoms with van der Waals surface area (Å²) in [7, 11) is 3.59. The molecule has 1 aromatic carbocycles. The summed E-state index contributed by atoms with van der Waals surface area (Å²) in [6.45, 7) is 0. The molecule has 1 aromatic rings. The first kappa shape index (κ1) is 13.3. The smallest absolute Gasteiger partial charge is 0.378 e. The highest BCUT2D eigenvalue weighted by Crippen LogP contribution is 2.33. The number of carbonyl (C=O) groups excluding carboxylic acids is 1. The van der Waals surface area contributed by atoms with E-state index in [2.05, 4.69) is 0 Å². The predicted octanol–water partition coefficient (Wildman–Crippen LogP) is 2.90. The van der Waals surface area contributed by atoms with Crippen molar-refractivity contribution >= 4 is 17.5 Å². The zero-order valence-electron chi connectivity index (χ0n) is 9.45. The number of allylic oxidation sites excluding steroid dienone is 2. The molecule has 0 aliphatic heterocycles. The third-order valence-electron chi connectivity index (χ3n) is 2.23. The maximum absolute atomic E-state index is 12.6. The number of hydrogen-bond acceptors (Lipinski definition) is 2. The van der Waals surface area contributed by atoms with Gasteiger partial charge in [0.2, 0.25) is 0 Å². The number of nitrogens with zero attached hydrogens (tertiary/aromatic N) is 1. The second-order valence-corrected chi connectivity index (χ2v) is 3.66. The van der Waals surface area contributed by atoms with Gasteiger partial charge >= 0.3 is 6.18 Å². The zero-order valence-corrected chi connectivity index (χ0v) is 9.45. The monoisotopic (exact) mass is 243 g/mol. The number of rotatable bonds is 3. The van der Waals surface area contributed by atoms with Crippen LogP contribution in [0, 0.1) is 0 Å². The fourth-order valence-electron chi connectivity index (χ4n) is 1.36. The molecule has 0 heterocycles. The van der Waals surface area contributed by atoms with Crippen molar-refractivity contribution < 1.29 is 18.0 Å². The third kappa shape index (κ3) is 3.34. The molecule has 0 amide bonds. The van der Waals surface area contributed by atoms with Gasteiger partial charge in [-0.05, 0) is 23.8 Å². The van der Waals surface area contributed by atoms with Crippen LogP contribution in [0.1, 0.15) is 5.56 Å². The largest absolute Gasteiger partial charge is 0.417 e. The van der Waals surface area contributed by atoms with Gasteiger partial charge in [-0.1, -0.05) is 12.1 Å². The topological polar surface area (TPSA) is 20.3 Å². The molecule has 0 saturated heterocycles. The number of halogens is 3. The van der Waals surface area contributed by atoms with Crippen molar-refractivity contribution in [1.29, 1.82) is 0 Å². The van der Waals surface area contributed by atoms with Gasteiger partial charge in [-0.2, -0.15) is 13.2 Å². The van der Waals surface area contributed by atoms with E-state index >= 15 is 0 Å². The molecule has 0 aliphatic rings. The van der Waals surface area contributed by atoms with Crippen molar-refractivity contribution in [3.63, 3.8) is 0 Å². The van der Waals surface area contributed by atoms with E-state index < -0.39 is 11.7 Å². The molecule has 2 nitrogen and oxygen atoms in total. The maximum Gasteiger partial charge on any atom is 0.417 e. The van der Waals surface area contributed by atoms with Crippen molar-refractivity contribution in [2.45, 2.75) is 6.18 Å². The number of benzene rings is 1. The van der Waals surface area contributed by atoms with Crippen LogP contribution in [0.25, 0.3) is 5.57 Å². The van der Waals surface area contributed by atoms with E-state index in [-0.39, 0.29) is 11.8 Å². The molecule has 17 heavy (non-hydrogen) atoms. The quantitative estimate of drug-likeness (QED) is 0.601. The second kappa shape index (κ2) is 5.03. The van der Waals surface area contributed by atoms with Crippen molar-refractivity contribution in [3.8, 4) is 0 Å². The molecule has 0 radical (unpaired) electrons. The van der Waals surface area contributed by atoms with E-state index in [9.17, 15) is 18.0 Å². The Balaban J connectivity index is 3.14. The van der Waals surface area contributed by atoms with Gasteiger partial charge in [0.15, 0.2) is 0 Å². The molecular weight excluding hydrogens is 231 g/mol. The summed E-state index contributed by atoms with van der Waals surface area (Å²) in [6, 6.07) is 5.83. The number of aldehydes is 1. The van der Waals surface area contributed by atoms with Gasteiger partial charge < -0.3 is 4.90 Å². The highest BCUT2D eigenvalue weighted by Gasteiger charge is 2.34. The Morgan fingerprint density at radius 3 is 2.06 bits per heavy atom. The number of hydrogen-bond donors (Lipinski definition) is 0. The minimum atomic E-state index is -4.53. The molecular formula is C12H12F3NO. The Labute approximate surface area is 97.3 Å². The summed E-state index contributed by atoms with van der Waals surface area (Å²) in [6.07, 6.45) is -3.85. The molecule has 0 atom stereocenters. The second-order valence-electron chi connectivity index (χ2n) is 3.66. The van der Waals surface area contributed by atoms with Crippen molar-refractivity contribution in [3.05, 3.63) is 35.9 Å². The fourth-order valence-corrected chi connectivity index (χ4v) is 1.36. The molecule has 0 fully saturated rings. The van der Waals surface area contributed by atoms with Gasteiger partial charge in [-0.3, -0.25) is 4.79 Å². The summed E-state index contributed by atoms with van der Waals surface area (Å²) in [4.78, 5) is 12.0. The summed E-state index contributed by atoms with van der Waals surface area (Å²) >= 11 is 0. The molecule has 0 N–H and O–H groups in total. The standard InChI is InChI=1S/C12H12F3NO/c1-16(2)10-5-3-9(4-6-10)11(7-8-17)12(13,14)15/h3-8H,1-2H3/b11-7+. The predicted molar refractivity (Wildman–Crippen MR) is 60.9 cm³/mol. The Hall–Kier alpha value is -1.78. The minimum Gasteiger partial charge on any atom is -0.378 e. The lowest BCUT2D eigenvalue weighted by Crippen LogP contribution is -2.12. The van der Waals surface area contributed by atoms with Crippen LogP contribution >= 0.6 is 0 Å². The summed E-state index contributed by atoms with van der Waals surface area (Å²) < 4.78 is 37.8. The Bertz CT molecular complexity index is 418. The first-order valence-electron chi connectivity index (χ1n) is 4.86. The van der Waals surface area contributed by atoms with Crippen LogP contribution in [0.5, 0.6) is 0 Å². The lowest BCUT2D eigenvalue weighted by atomic mass is 10.0. The molecule has 0 bridgehead atoms. The minimum absolute atomic E-state index is 0.0183. The van der Waals surface area contributed by atoms with Crippen LogP contribution in [0.3, 0.4) is 0 Å². The van der Waals surface area contributed by atoms with Crippen LogP contribution < -0.4 is 4.90 Å². The van der Waals surface area contributed by atoms with Crippen LogP contribution in [-0.2, 0) is 4.79 Å². The van der Waals surface area contributed by atoms with E-state index in [1.807, 2.05) is 0 Å². The first-order chi connectivity index (χ1) is 7.86. The lowest BCUT2D eigenvalue weighted by Gasteiger charge is -2.15. The van der Waals surface area contributed by atoms with Crippen LogP contribution in [-0.4, -0.2) is 26.6 Å². The van der Waals surface area contributed by atoms with Gasteiger partial charge in [-0.25, -0.2) is 0 Å². The molecule has 5 heteroatoms. The van der Waals surface area contributed by atoms with Gasteiger partial charge in [0, 0.05) is 19.8 Å². The van der Waals surface area contributed by atoms with Gasteiger partial charge in [0.1, 0.15) is 6.29 Å². The highest BCUT2D eigenvalue weighted by molar-refractivity contribution is 5.84. The molecule has 0 saturated carbocycles. The van der Waals surface area contributed by atoms with Gasteiger partial charge in [-0.15, -0.1) is 0 Å². The molecule has 0 spiro atoms. The van der Waals surface area contributed by atoms with E-state index in [4.69, 9.17) is 0 Å². The summed E-state index contributed by atoms with van der Waals surface area (Å²) in [5, 5.41) is 0. The van der Waals surface area contributed by atoms with E-state index in [0.29, 0.717) is 6.08 Å². The first-order valence-corrected chi connectivity index (χ1v) is 4.86. The fraction of sp³-hybridized carbons (Fsp3) is 0.250. The third-order valence-corrected chi connectivity index (χ3v) is 2.23. The van der Waals surface area contributed by atoms with Gasteiger partial charge in [0.25, 0.3) is 0 Å². The van der Waals surface area contributed by atoms with E-state index in [0.717, 1.165) is 5.69 Å². The van der Waals surface area contributed by atoms with Crippen molar-refractivity contribution in [1.82, 2.24) is 0 Å². The summed E-state index contributed by atoms with van der Waals surface area (Å²) in [5.41, 5.74) is -0.158. The van der Waals surface area contributed by atoms with E-state index in [1.165, 1.54) is 12.1 Å². The summed E-state index contributed by atoms with van der Waals surface area (Å²) in [5.74, 6) is 0. The van der Waals surface area contributed by atoms with Crippen molar-refractivity contribution in [2.75, 3.05) is 19.0 Å². The lowest BCUT2D eigenvalue weighted by molar-refractivity contribution is -0.104. The number of anilines is 1. The SMILES string of the molecule is CN(C)c1ccc(/C(=C\C=O)C(F)(F)F)cc1. The van der Waals surface area contributed by atoms with Crippen LogP contribution in [0.4, 0.5) is 18.9 Å². The van der Waals surface area contributed by atoms with Crippen molar-refractivity contribution in [2.24, 2.45) is 0 Å². The van der Waals surface area contributed by atoms with E-state index in [1.54, 1.807) is 31.1 Å². The van der Waals surface area contributed by atoms with Crippen LogP contribution in [0.15, 0.2) is 30.3 Å². The average Bonchev–Trinajstić information content (AvgIpc) is 2.24. The molecule has 1 rings (SSSR count). The number of carbonyl (C=O) groups is 1. The normalized spacial score (nSPS) is 12.4. The maximum atomic E-state index is 12.6. The molecule has 0 aliphatic carbocycles. The highest BCUT2D eigenvalue weighted by atomic mass is 19.4. The zero-order chi connectivity index (χ0) is 13.1. The average molecular weight is 243 g/mol. The van der Waals surface area contributed by atoms with Gasteiger partial charge in [0.05, 0.1) is 5.57 Å². The Kier molecular flexibility index (Phi) is 3.93. The molecule has 92 valence electrons. The van der Waals surface area contributed by atoms with Crippen LogP contribution in [0.2, 0.25) is 0 Å². The Morgan fingerprint density at radius 1 is 1.18 bits per heavy atom. The molecule has 0 unspecified atom stereocenters. The number of alkyl halides is 3.